The largest absolute Gasteiger partial charge is 0.507 e. The van der Waals surface area contributed by atoms with Crippen LogP contribution in [0.4, 0.5) is 17.6 Å². The number of para-hydroxylation sites is 1. The highest BCUT2D eigenvalue weighted by atomic mass is 19.4. The second kappa shape index (κ2) is 9.72. The van der Waals surface area contributed by atoms with Crippen LogP contribution >= 0.6 is 0 Å². The Morgan fingerprint density at radius 3 is 2.33 bits per heavy atom. The van der Waals surface area contributed by atoms with Gasteiger partial charge in [-0.1, -0.05) is 42.5 Å². The van der Waals surface area contributed by atoms with Crippen molar-refractivity contribution in [3.63, 3.8) is 0 Å². The Hall–Kier alpha value is -3.88. The van der Waals surface area contributed by atoms with E-state index in [0.717, 1.165) is 12.1 Å². The van der Waals surface area contributed by atoms with E-state index in [1.54, 1.807) is 0 Å². The highest BCUT2D eigenvalue weighted by molar-refractivity contribution is 5.96. The molecule has 0 bridgehead atoms. The summed E-state index contributed by atoms with van der Waals surface area (Å²) in [7, 11) is 0. The Labute approximate surface area is 187 Å². The molecule has 0 saturated heterocycles. The molecule has 2 unspecified atom stereocenters. The Balaban J connectivity index is 2.08. The maximum atomic E-state index is 13.9. The number of nitrogens with two attached hydrogens (primary N) is 1. The van der Waals surface area contributed by atoms with Crippen LogP contribution in [0.3, 0.4) is 0 Å². The monoisotopic (exact) mass is 459 g/mol. The van der Waals surface area contributed by atoms with Gasteiger partial charge in [-0.25, -0.2) is 4.39 Å². The minimum Gasteiger partial charge on any atom is -0.507 e. The normalized spacial score (nSPS) is 13.2. The summed E-state index contributed by atoms with van der Waals surface area (Å²) in [5.74, 6) is -4.45. The zero-order chi connectivity index (χ0) is 24.2. The minimum atomic E-state index is -4.71. The zero-order valence-corrected chi connectivity index (χ0v) is 17.2. The lowest BCUT2D eigenvalue weighted by Gasteiger charge is -2.29. The van der Waals surface area contributed by atoms with Gasteiger partial charge in [-0.2, -0.15) is 13.2 Å². The van der Waals surface area contributed by atoms with Crippen LogP contribution in [0.25, 0.3) is 0 Å². The van der Waals surface area contributed by atoms with Crippen molar-refractivity contribution >= 4 is 11.7 Å². The minimum absolute atomic E-state index is 0.0644. The number of halogens is 4. The van der Waals surface area contributed by atoms with Gasteiger partial charge in [0.15, 0.2) is 0 Å². The Bertz CT molecular complexity index is 1160. The predicted octanol–water partition coefficient (Wildman–Crippen LogP) is 4.78. The molecule has 0 aliphatic heterocycles. The van der Waals surface area contributed by atoms with Crippen LogP contribution in [0.1, 0.15) is 38.9 Å². The summed E-state index contributed by atoms with van der Waals surface area (Å²) < 4.78 is 55.3. The molecule has 0 aliphatic rings. The van der Waals surface area contributed by atoms with E-state index in [4.69, 9.17) is 11.1 Å². The maximum absolute atomic E-state index is 13.9. The lowest BCUT2D eigenvalue weighted by molar-refractivity contribution is -0.138. The van der Waals surface area contributed by atoms with Gasteiger partial charge in [-0.3, -0.25) is 10.2 Å². The average Bonchev–Trinajstić information content (AvgIpc) is 2.75. The number of amidine groups is 1. The van der Waals surface area contributed by atoms with Crippen molar-refractivity contribution in [2.24, 2.45) is 5.73 Å². The van der Waals surface area contributed by atoms with E-state index in [9.17, 15) is 27.5 Å². The van der Waals surface area contributed by atoms with Crippen molar-refractivity contribution in [1.82, 2.24) is 5.32 Å². The summed E-state index contributed by atoms with van der Waals surface area (Å²) in [5.41, 5.74) is 4.76. The molecular weight excluding hydrogens is 438 g/mol. The van der Waals surface area contributed by atoms with Crippen LogP contribution in [0.2, 0.25) is 0 Å². The Morgan fingerprint density at radius 2 is 1.70 bits per heavy atom. The van der Waals surface area contributed by atoms with Crippen molar-refractivity contribution in [1.29, 1.82) is 5.41 Å². The number of carbonyl (C=O) groups is 1. The molecule has 9 heteroatoms. The van der Waals surface area contributed by atoms with E-state index in [1.807, 2.05) is 0 Å². The Morgan fingerprint density at radius 1 is 1.03 bits per heavy atom. The highest BCUT2D eigenvalue weighted by Crippen LogP contribution is 2.40. The van der Waals surface area contributed by atoms with E-state index in [0.29, 0.717) is 0 Å². The Kier molecular flexibility index (Phi) is 7.01. The number of aromatic hydroxyl groups is 1. The number of nitrogens with one attached hydrogen (secondary N) is 2. The third-order valence-electron chi connectivity index (χ3n) is 5.24. The first kappa shape index (κ1) is 23.8. The van der Waals surface area contributed by atoms with Gasteiger partial charge in [0, 0.05) is 18.4 Å². The molecule has 3 aromatic rings. The molecule has 0 spiro atoms. The molecule has 3 rings (SSSR count). The first-order valence-electron chi connectivity index (χ1n) is 9.91. The number of phenols is 1. The molecule has 2 atom stereocenters. The number of rotatable bonds is 7. The van der Waals surface area contributed by atoms with Gasteiger partial charge in [0.1, 0.15) is 11.6 Å². The molecule has 0 heterocycles. The molecular formula is C24H21F4N3O2. The molecule has 172 valence electrons. The zero-order valence-electron chi connectivity index (χ0n) is 17.2. The van der Waals surface area contributed by atoms with E-state index in [1.165, 1.54) is 60.7 Å². The van der Waals surface area contributed by atoms with E-state index in [2.05, 4.69) is 5.32 Å². The SMILES string of the molecule is N=C(N)C(c1cccc(F)c1)C(CNC(=O)c1ccccc1O)c1ccccc1C(F)(F)F. The maximum Gasteiger partial charge on any atom is 0.416 e. The molecule has 1 amide bonds. The molecule has 5 nitrogen and oxygen atoms in total. The fourth-order valence-electron chi connectivity index (χ4n) is 3.78. The summed E-state index contributed by atoms with van der Waals surface area (Å²) in [6.45, 7) is -0.360. The van der Waals surface area contributed by atoms with Crippen molar-refractivity contribution < 1.29 is 27.5 Å². The van der Waals surface area contributed by atoms with E-state index < -0.39 is 41.1 Å². The first-order chi connectivity index (χ1) is 15.6. The van der Waals surface area contributed by atoms with Crippen LogP contribution < -0.4 is 11.1 Å². The van der Waals surface area contributed by atoms with Crippen molar-refractivity contribution in [2.45, 2.75) is 18.0 Å². The lowest BCUT2D eigenvalue weighted by Crippen LogP contribution is -2.36. The third kappa shape index (κ3) is 5.49. The van der Waals surface area contributed by atoms with Gasteiger partial charge >= 0.3 is 6.18 Å². The van der Waals surface area contributed by atoms with Crippen LogP contribution in [-0.2, 0) is 6.18 Å². The molecule has 0 aliphatic carbocycles. The number of phenolic OH excluding ortho intramolecular Hbond substituents is 1. The number of alkyl halides is 3. The number of hydrogen-bond acceptors (Lipinski definition) is 3. The van der Waals surface area contributed by atoms with Crippen LogP contribution in [-0.4, -0.2) is 23.4 Å². The standard InChI is InChI=1S/C24H21F4N3O2/c25-15-7-5-6-14(12-15)21(22(29)30)18(16-8-1-3-10-19(16)24(26,27)28)13-31-23(33)17-9-2-4-11-20(17)32/h1-12,18,21,32H,13H2,(H3,29,30)(H,31,33). The van der Waals surface area contributed by atoms with Gasteiger partial charge < -0.3 is 16.2 Å². The van der Waals surface area contributed by atoms with Crippen molar-refractivity contribution in [3.8, 4) is 5.75 Å². The number of carbonyl (C=O) groups excluding carboxylic acids is 1. The van der Waals surface area contributed by atoms with E-state index in [-0.39, 0.29) is 29.0 Å². The fourth-order valence-corrected chi connectivity index (χ4v) is 3.78. The van der Waals surface area contributed by atoms with Crippen molar-refractivity contribution in [3.05, 3.63) is 101 Å². The quantitative estimate of drug-likeness (QED) is 0.232. The van der Waals surface area contributed by atoms with Gasteiger partial charge in [0.2, 0.25) is 0 Å². The number of hydrogen-bond donors (Lipinski definition) is 4. The third-order valence-corrected chi connectivity index (χ3v) is 5.24. The summed E-state index contributed by atoms with van der Waals surface area (Å²) in [5, 5.41) is 20.5. The van der Waals surface area contributed by atoms with E-state index >= 15 is 0 Å². The number of amides is 1. The summed E-state index contributed by atoms with van der Waals surface area (Å²) in [6, 6.07) is 15.6. The second-order valence-electron chi connectivity index (χ2n) is 7.41. The molecule has 0 saturated carbocycles. The van der Waals surface area contributed by atoms with Gasteiger partial charge in [0.25, 0.3) is 5.91 Å². The topological polar surface area (TPSA) is 99.2 Å². The smallest absolute Gasteiger partial charge is 0.416 e. The summed E-state index contributed by atoms with van der Waals surface area (Å²) in [4.78, 5) is 12.6. The molecule has 0 radical (unpaired) electrons. The van der Waals surface area contributed by atoms with Gasteiger partial charge in [-0.05, 0) is 41.5 Å². The first-order valence-corrected chi connectivity index (χ1v) is 9.91. The molecule has 0 fully saturated rings. The highest BCUT2D eigenvalue weighted by Gasteiger charge is 2.38. The molecule has 5 N–H and O–H groups in total. The fraction of sp³-hybridized carbons (Fsp3) is 0.167. The van der Waals surface area contributed by atoms with Crippen LogP contribution in [0, 0.1) is 11.2 Å². The van der Waals surface area contributed by atoms with Gasteiger partial charge in [-0.15, -0.1) is 0 Å². The molecule has 33 heavy (non-hydrogen) atoms. The van der Waals surface area contributed by atoms with Crippen LogP contribution in [0.15, 0.2) is 72.8 Å². The predicted molar refractivity (Wildman–Crippen MR) is 116 cm³/mol. The van der Waals surface area contributed by atoms with Crippen molar-refractivity contribution in [2.75, 3.05) is 6.54 Å². The lowest BCUT2D eigenvalue weighted by atomic mass is 9.78. The second-order valence-corrected chi connectivity index (χ2v) is 7.41. The van der Waals surface area contributed by atoms with Crippen LogP contribution in [0.5, 0.6) is 5.75 Å². The van der Waals surface area contributed by atoms with Gasteiger partial charge in [0.05, 0.1) is 17.0 Å². The summed E-state index contributed by atoms with van der Waals surface area (Å²) >= 11 is 0. The molecule has 3 aromatic carbocycles. The molecule has 0 aromatic heterocycles. The average molecular weight is 459 g/mol. The number of benzene rings is 3. The summed E-state index contributed by atoms with van der Waals surface area (Å²) in [6.07, 6.45) is -4.71.